The van der Waals surface area contributed by atoms with Crippen molar-refractivity contribution < 1.29 is 38.6 Å². The normalized spacial score (nSPS) is 23.5. The maximum atomic E-state index is 13.9. The van der Waals surface area contributed by atoms with E-state index < -0.39 is 35.4 Å². The number of thiazole rings is 1. The van der Waals surface area contributed by atoms with Gasteiger partial charge in [0.15, 0.2) is 0 Å². The molecule has 5 aliphatic rings. The zero-order chi connectivity index (χ0) is 47.8. The molecule has 4 saturated carbocycles. The molecule has 15 nitrogen and oxygen atoms in total. The van der Waals surface area contributed by atoms with Crippen LogP contribution in [-0.4, -0.2) is 114 Å². The SMILES string of the molecule is Cc1ncsc1-c1ccc(CNC(=O)C2CC(O)CN2C(=O)C(NC(=O)COCCOCCNC(=O)CCCCCCCCCCCNC(=O)NC23CC4CC(CC(C4)C2)C3)C(C)(C)C)cc1. The first-order valence-corrected chi connectivity index (χ1v) is 26.1. The molecular formula is C51H79N7O8S. The fourth-order valence-electron chi connectivity index (χ4n) is 11.1. The minimum absolute atomic E-state index is 0.0120. The van der Waals surface area contributed by atoms with Gasteiger partial charge in [0.05, 0.1) is 42.0 Å². The van der Waals surface area contributed by atoms with E-state index in [9.17, 15) is 29.1 Å². The van der Waals surface area contributed by atoms with Crippen LogP contribution in [0.4, 0.5) is 4.79 Å². The Labute approximate surface area is 402 Å². The van der Waals surface area contributed by atoms with E-state index in [0.717, 1.165) is 78.1 Å². The molecule has 67 heavy (non-hydrogen) atoms. The number of amides is 6. The van der Waals surface area contributed by atoms with Gasteiger partial charge in [-0.25, -0.2) is 9.78 Å². The number of aromatic nitrogens is 1. The highest BCUT2D eigenvalue weighted by Crippen LogP contribution is 2.55. The van der Waals surface area contributed by atoms with E-state index in [1.807, 2.05) is 57.5 Å². The second-order valence-corrected chi connectivity index (χ2v) is 21.8. The lowest BCUT2D eigenvalue weighted by Gasteiger charge is -2.56. The number of likely N-dealkylation sites (tertiary alicyclic amines) is 1. The van der Waals surface area contributed by atoms with E-state index in [-0.39, 0.29) is 62.7 Å². The maximum absolute atomic E-state index is 13.9. The van der Waals surface area contributed by atoms with Crippen molar-refractivity contribution in [1.82, 2.24) is 36.5 Å². The molecule has 3 atom stereocenters. The van der Waals surface area contributed by atoms with Crippen LogP contribution in [-0.2, 0) is 35.2 Å². The van der Waals surface area contributed by atoms with Crippen LogP contribution in [0.3, 0.4) is 0 Å². The zero-order valence-electron chi connectivity index (χ0n) is 40.6. The molecule has 1 aromatic carbocycles. The number of carbonyl (C=O) groups is 5. The molecule has 6 N–H and O–H groups in total. The number of β-amino-alcohol motifs (C(OH)–C–C–N with tert-alkyl or cyclic N) is 1. The number of nitrogens with one attached hydrogen (secondary N) is 5. The molecule has 1 aliphatic heterocycles. The first-order chi connectivity index (χ1) is 32.2. The van der Waals surface area contributed by atoms with Gasteiger partial charge in [-0.2, -0.15) is 0 Å². The van der Waals surface area contributed by atoms with E-state index in [1.54, 1.807) is 11.3 Å². The summed E-state index contributed by atoms with van der Waals surface area (Å²) < 4.78 is 11.1. The number of unbranched alkanes of at least 4 members (excludes halogenated alkanes) is 8. The lowest BCUT2D eigenvalue weighted by Crippen LogP contribution is -2.61. The van der Waals surface area contributed by atoms with Crippen molar-refractivity contribution >= 4 is 41.0 Å². The Hall–Kier alpha value is -4.12. The number of rotatable bonds is 27. The van der Waals surface area contributed by atoms with Gasteiger partial charge in [-0.3, -0.25) is 19.2 Å². The third-order valence-electron chi connectivity index (χ3n) is 14.2. The number of hydrogen-bond donors (Lipinski definition) is 6. The van der Waals surface area contributed by atoms with Crippen molar-refractivity contribution in [2.45, 2.75) is 167 Å². The molecule has 4 bridgehead atoms. The third kappa shape index (κ3) is 16.2. The number of aliphatic hydroxyl groups is 1. The second-order valence-electron chi connectivity index (χ2n) is 21.0. The van der Waals surface area contributed by atoms with E-state index in [0.29, 0.717) is 19.6 Å². The molecule has 5 fully saturated rings. The fraction of sp³-hybridized carbons (Fsp3) is 0.725. The quantitative estimate of drug-likeness (QED) is 0.0538. The van der Waals surface area contributed by atoms with Crippen LogP contribution in [0.2, 0.25) is 0 Å². The van der Waals surface area contributed by atoms with Crippen LogP contribution >= 0.6 is 11.3 Å². The molecule has 1 saturated heterocycles. The van der Waals surface area contributed by atoms with Gasteiger partial charge in [-0.1, -0.05) is 90.0 Å². The van der Waals surface area contributed by atoms with Crippen molar-refractivity contribution in [3.63, 3.8) is 0 Å². The predicted molar refractivity (Wildman–Crippen MR) is 260 cm³/mol. The van der Waals surface area contributed by atoms with Crippen LogP contribution in [0.1, 0.15) is 141 Å². The average Bonchev–Trinajstić information content (AvgIpc) is 3.89. The molecule has 2 heterocycles. The molecular weight excluding hydrogens is 871 g/mol. The lowest BCUT2D eigenvalue weighted by molar-refractivity contribution is -0.144. The summed E-state index contributed by atoms with van der Waals surface area (Å²) >= 11 is 1.57. The summed E-state index contributed by atoms with van der Waals surface area (Å²) in [5.74, 6) is 1.22. The first-order valence-electron chi connectivity index (χ1n) is 25.2. The summed E-state index contributed by atoms with van der Waals surface area (Å²) in [6.07, 6.45) is 17.4. The topological polar surface area (TPSA) is 200 Å². The molecule has 7 rings (SSSR count). The van der Waals surface area contributed by atoms with Gasteiger partial charge in [-0.05, 0) is 92.6 Å². The van der Waals surface area contributed by atoms with Crippen molar-refractivity contribution in [2.24, 2.45) is 23.2 Å². The van der Waals surface area contributed by atoms with Gasteiger partial charge >= 0.3 is 6.03 Å². The highest BCUT2D eigenvalue weighted by atomic mass is 32.1. The predicted octanol–water partition coefficient (Wildman–Crippen LogP) is 6.55. The van der Waals surface area contributed by atoms with Crippen LogP contribution in [0.25, 0.3) is 10.4 Å². The summed E-state index contributed by atoms with van der Waals surface area (Å²) in [6, 6.07) is 6.07. The van der Waals surface area contributed by atoms with Crippen LogP contribution in [0, 0.1) is 30.1 Å². The summed E-state index contributed by atoms with van der Waals surface area (Å²) in [6.45, 7) is 9.28. The van der Waals surface area contributed by atoms with E-state index in [2.05, 4.69) is 31.6 Å². The number of nitrogens with zero attached hydrogens (tertiary/aromatic N) is 2. The molecule has 0 spiro atoms. The number of carbonyl (C=O) groups excluding carboxylic acids is 5. The van der Waals surface area contributed by atoms with Gasteiger partial charge < -0.3 is 46.1 Å². The Morgan fingerprint density at radius 2 is 1.42 bits per heavy atom. The Bertz CT molecular complexity index is 1880. The summed E-state index contributed by atoms with van der Waals surface area (Å²) in [4.78, 5) is 71.9. The standard InChI is InChI=1S/C51H79N7O8S/c1-35-45(67-34-55-35)40-17-15-36(16-18-40)31-54-47(62)42-27-41(59)32-58(42)48(63)46(50(2,3)4)56-44(61)33-66-23-22-65-21-20-52-43(60)14-12-10-8-6-5-7-9-11-13-19-53-49(64)57-51-28-37-24-38(29-51)26-39(25-37)30-51/h15-18,34,37-39,41-42,46,59H,5-14,19-33H2,1-4H3,(H,52,60)(H,54,62)(H,56,61)(H2,53,57,64). The molecule has 1 aromatic heterocycles. The third-order valence-corrected chi connectivity index (χ3v) is 15.1. The Balaban J connectivity index is 0.737. The van der Waals surface area contributed by atoms with Gasteiger partial charge in [-0.15, -0.1) is 11.3 Å². The second kappa shape index (κ2) is 25.5. The van der Waals surface area contributed by atoms with Crippen molar-refractivity contribution in [3.05, 3.63) is 41.0 Å². The molecule has 0 radical (unpaired) electrons. The number of urea groups is 1. The van der Waals surface area contributed by atoms with E-state index >= 15 is 0 Å². The van der Waals surface area contributed by atoms with Crippen LogP contribution < -0.4 is 26.6 Å². The Morgan fingerprint density at radius 3 is 2.04 bits per heavy atom. The number of aliphatic hydroxyl groups excluding tert-OH is 1. The fourth-order valence-corrected chi connectivity index (χ4v) is 11.9. The first kappa shape index (κ1) is 52.3. The minimum atomic E-state index is -0.960. The van der Waals surface area contributed by atoms with Gasteiger partial charge in [0.25, 0.3) is 0 Å². The minimum Gasteiger partial charge on any atom is -0.391 e. The Morgan fingerprint density at radius 1 is 0.791 bits per heavy atom. The van der Waals surface area contributed by atoms with Crippen molar-refractivity contribution in [3.8, 4) is 10.4 Å². The molecule has 6 amide bonds. The lowest BCUT2D eigenvalue weighted by atomic mass is 9.53. The average molecular weight is 950 g/mol. The Kier molecular flexibility index (Phi) is 19.9. The van der Waals surface area contributed by atoms with E-state index in [4.69, 9.17) is 9.47 Å². The smallest absolute Gasteiger partial charge is 0.315 e. The number of aryl methyl sites for hydroxylation is 1. The summed E-state index contributed by atoms with van der Waals surface area (Å²) in [7, 11) is 0. The summed E-state index contributed by atoms with van der Waals surface area (Å²) in [5.41, 5.74) is 4.11. The highest BCUT2D eigenvalue weighted by Gasteiger charge is 2.51. The number of hydrogen-bond acceptors (Lipinski definition) is 10. The van der Waals surface area contributed by atoms with Gasteiger partial charge in [0.2, 0.25) is 23.6 Å². The maximum Gasteiger partial charge on any atom is 0.315 e. The van der Waals surface area contributed by atoms with Crippen molar-refractivity contribution in [1.29, 1.82) is 0 Å². The van der Waals surface area contributed by atoms with E-state index in [1.165, 1.54) is 69.1 Å². The van der Waals surface area contributed by atoms with Crippen LogP contribution in [0.15, 0.2) is 29.8 Å². The van der Waals surface area contributed by atoms with Gasteiger partial charge in [0.1, 0.15) is 18.7 Å². The highest BCUT2D eigenvalue weighted by molar-refractivity contribution is 7.13. The molecule has 372 valence electrons. The summed E-state index contributed by atoms with van der Waals surface area (Å²) in [5, 5.41) is 25.7. The largest absolute Gasteiger partial charge is 0.391 e. The van der Waals surface area contributed by atoms with Crippen LogP contribution in [0.5, 0.6) is 0 Å². The monoisotopic (exact) mass is 950 g/mol. The molecule has 2 aromatic rings. The molecule has 16 heteroatoms. The zero-order valence-corrected chi connectivity index (χ0v) is 41.5. The van der Waals surface area contributed by atoms with Gasteiger partial charge in [0, 0.05) is 44.6 Å². The molecule has 3 unspecified atom stereocenters. The number of ether oxygens (including phenoxy) is 2. The number of benzene rings is 1. The van der Waals surface area contributed by atoms with Crippen molar-refractivity contribution in [2.75, 3.05) is 46.1 Å². The molecule has 4 aliphatic carbocycles.